The van der Waals surface area contributed by atoms with Crippen molar-refractivity contribution in [1.29, 1.82) is 0 Å². The summed E-state index contributed by atoms with van der Waals surface area (Å²) in [4.78, 5) is 0. The van der Waals surface area contributed by atoms with Crippen LogP contribution in [-0.2, 0) is 9.47 Å². The molecule has 0 heterocycles. The predicted molar refractivity (Wildman–Crippen MR) is 139 cm³/mol. The molecule has 0 aromatic carbocycles. The molecule has 4 fully saturated rings. The smallest absolute Gasteiger partial charge is 0.167 e. The van der Waals surface area contributed by atoms with Crippen LogP contribution < -0.4 is 0 Å². The van der Waals surface area contributed by atoms with E-state index in [1.54, 1.807) is 0 Å². The first-order chi connectivity index (χ1) is 15.6. The number of rotatable bonds is 7. The van der Waals surface area contributed by atoms with E-state index in [0.29, 0.717) is 10.8 Å². The Kier molecular flexibility index (Phi) is 7.49. The van der Waals surface area contributed by atoms with Crippen LogP contribution in [-0.4, -0.2) is 20.0 Å². The molecule has 33 heavy (non-hydrogen) atoms. The maximum Gasteiger partial charge on any atom is 0.167 e. The van der Waals surface area contributed by atoms with Crippen molar-refractivity contribution >= 4 is 0 Å². The summed E-state index contributed by atoms with van der Waals surface area (Å²) >= 11 is 0. The van der Waals surface area contributed by atoms with Gasteiger partial charge in [-0.2, -0.15) is 0 Å². The Morgan fingerprint density at radius 1 is 0.818 bits per heavy atom. The van der Waals surface area contributed by atoms with Gasteiger partial charge >= 0.3 is 0 Å². The first-order valence-corrected chi connectivity index (χ1v) is 14.4. The molecule has 4 rings (SSSR count). The van der Waals surface area contributed by atoms with Gasteiger partial charge in [-0.15, -0.1) is 0 Å². The van der Waals surface area contributed by atoms with Crippen LogP contribution in [0.5, 0.6) is 0 Å². The lowest BCUT2D eigenvalue weighted by Crippen LogP contribution is -2.56. The van der Waals surface area contributed by atoms with Crippen molar-refractivity contribution in [2.45, 2.75) is 112 Å². The summed E-state index contributed by atoms with van der Waals surface area (Å²) in [7, 11) is 3.70. The minimum atomic E-state index is -0.327. The Balaban J connectivity index is 1.49. The van der Waals surface area contributed by atoms with E-state index in [1.807, 2.05) is 14.2 Å². The number of hydrogen-bond acceptors (Lipinski definition) is 2. The molecule has 2 nitrogen and oxygen atoms in total. The molecule has 0 aromatic heterocycles. The van der Waals surface area contributed by atoms with Gasteiger partial charge < -0.3 is 9.47 Å². The molecule has 2 heteroatoms. The van der Waals surface area contributed by atoms with Crippen LogP contribution in [0.4, 0.5) is 0 Å². The Morgan fingerprint density at radius 2 is 1.52 bits per heavy atom. The summed E-state index contributed by atoms with van der Waals surface area (Å²) < 4.78 is 11.8. The van der Waals surface area contributed by atoms with E-state index in [4.69, 9.17) is 9.47 Å². The second kappa shape index (κ2) is 9.61. The van der Waals surface area contributed by atoms with Crippen LogP contribution in [0.3, 0.4) is 0 Å². The molecule has 0 N–H and O–H groups in total. The average molecular weight is 459 g/mol. The summed E-state index contributed by atoms with van der Waals surface area (Å²) in [6.07, 6.45) is 18.5. The highest BCUT2D eigenvalue weighted by Gasteiger charge is 2.61. The van der Waals surface area contributed by atoms with Gasteiger partial charge in [0.1, 0.15) is 0 Å². The zero-order chi connectivity index (χ0) is 24.0. The van der Waals surface area contributed by atoms with Gasteiger partial charge in [-0.3, -0.25) is 0 Å². The van der Waals surface area contributed by atoms with Gasteiger partial charge in [0, 0.05) is 27.1 Å². The fourth-order valence-electron chi connectivity index (χ4n) is 9.84. The SMILES string of the molecule is CC[C@@H](/C=C/[C@H](C)[C@@H]1CC[C@@H]2[C@H]3CC[C@H]4CC(OC)(OC)CC[C@]4(C)[C@@H]3CC[C@@]21C)C(C)C. The van der Waals surface area contributed by atoms with Crippen LogP contribution >= 0.6 is 0 Å². The van der Waals surface area contributed by atoms with Crippen LogP contribution in [0.2, 0.25) is 0 Å². The van der Waals surface area contributed by atoms with E-state index in [1.165, 1.54) is 51.4 Å². The monoisotopic (exact) mass is 458 g/mol. The summed E-state index contributed by atoms with van der Waals surface area (Å²) in [5.41, 5.74) is 1.03. The van der Waals surface area contributed by atoms with E-state index >= 15 is 0 Å². The van der Waals surface area contributed by atoms with E-state index < -0.39 is 0 Å². The zero-order valence-electron chi connectivity index (χ0n) is 23.2. The van der Waals surface area contributed by atoms with Gasteiger partial charge in [0.2, 0.25) is 0 Å². The van der Waals surface area contributed by atoms with Crippen molar-refractivity contribution in [3.8, 4) is 0 Å². The Hall–Kier alpha value is -0.340. The Morgan fingerprint density at radius 3 is 2.15 bits per heavy atom. The highest BCUT2D eigenvalue weighted by atomic mass is 16.7. The third kappa shape index (κ3) is 4.28. The lowest BCUT2D eigenvalue weighted by molar-refractivity contribution is -0.261. The number of methoxy groups -OCH3 is 2. The largest absolute Gasteiger partial charge is 0.353 e. The molecule has 0 aliphatic heterocycles. The topological polar surface area (TPSA) is 18.5 Å². The average Bonchev–Trinajstić information content (AvgIpc) is 3.16. The number of fused-ring (bicyclic) bond motifs is 5. The van der Waals surface area contributed by atoms with Gasteiger partial charge in [-0.25, -0.2) is 0 Å². The van der Waals surface area contributed by atoms with Gasteiger partial charge in [-0.1, -0.05) is 53.7 Å². The van der Waals surface area contributed by atoms with Gasteiger partial charge in [0.15, 0.2) is 5.79 Å². The second-order valence-corrected chi connectivity index (χ2v) is 13.5. The van der Waals surface area contributed by atoms with Crippen molar-refractivity contribution in [3.63, 3.8) is 0 Å². The van der Waals surface area contributed by atoms with E-state index in [0.717, 1.165) is 60.2 Å². The molecule has 4 aliphatic carbocycles. The van der Waals surface area contributed by atoms with Crippen molar-refractivity contribution < 1.29 is 9.47 Å². The van der Waals surface area contributed by atoms with E-state index in [9.17, 15) is 0 Å². The van der Waals surface area contributed by atoms with Crippen molar-refractivity contribution in [1.82, 2.24) is 0 Å². The highest BCUT2D eigenvalue weighted by molar-refractivity contribution is 5.12. The van der Waals surface area contributed by atoms with Gasteiger partial charge in [0.05, 0.1) is 0 Å². The van der Waals surface area contributed by atoms with E-state index in [-0.39, 0.29) is 5.79 Å². The molecule has 9 atom stereocenters. The minimum Gasteiger partial charge on any atom is -0.353 e. The number of hydrogen-bond donors (Lipinski definition) is 0. The second-order valence-electron chi connectivity index (χ2n) is 13.5. The quantitative estimate of drug-likeness (QED) is 0.281. The molecule has 0 radical (unpaired) electrons. The highest BCUT2D eigenvalue weighted by Crippen LogP contribution is 2.69. The van der Waals surface area contributed by atoms with Gasteiger partial charge in [-0.05, 0) is 110 Å². The summed E-state index contributed by atoms with van der Waals surface area (Å²) in [5.74, 6) is 6.32. The van der Waals surface area contributed by atoms with Crippen molar-refractivity contribution in [3.05, 3.63) is 12.2 Å². The fraction of sp³-hybridized carbons (Fsp3) is 0.935. The maximum absolute atomic E-state index is 5.92. The minimum absolute atomic E-state index is 0.327. The number of allylic oxidation sites excluding steroid dienone is 2. The van der Waals surface area contributed by atoms with Crippen molar-refractivity contribution in [2.75, 3.05) is 14.2 Å². The predicted octanol–water partition coefficient (Wildman–Crippen LogP) is 8.51. The number of ether oxygens (including phenoxy) is 2. The first kappa shape index (κ1) is 25.7. The van der Waals surface area contributed by atoms with E-state index in [2.05, 4.69) is 53.7 Å². The Labute approximate surface area is 205 Å². The Bertz CT molecular complexity index is 693. The van der Waals surface area contributed by atoms with Crippen molar-refractivity contribution in [2.24, 2.45) is 58.2 Å². The molecule has 0 aromatic rings. The molecule has 0 bridgehead atoms. The maximum atomic E-state index is 5.92. The third-order valence-electron chi connectivity index (χ3n) is 12.1. The molecule has 0 saturated heterocycles. The van der Waals surface area contributed by atoms with Crippen LogP contribution in [0.15, 0.2) is 12.2 Å². The molecular formula is C31H54O2. The molecule has 0 amide bonds. The van der Waals surface area contributed by atoms with Crippen LogP contribution in [0.25, 0.3) is 0 Å². The summed E-state index contributed by atoms with van der Waals surface area (Å²) in [6.45, 7) is 15.0. The lowest BCUT2D eigenvalue weighted by atomic mass is 9.44. The first-order valence-electron chi connectivity index (χ1n) is 14.4. The lowest BCUT2D eigenvalue weighted by Gasteiger charge is -2.62. The molecule has 4 saturated carbocycles. The standard InChI is InChI=1S/C31H54O2/c1-9-23(21(2)3)11-10-22(4)26-14-15-27-25-13-12-24-20-31(32-7,33-8)19-18-29(24,5)28(25)16-17-30(26,27)6/h10-11,21-28H,9,12-20H2,1-8H3/b11-10+/t22-,23-,24-,25+,26-,27+,28+,29-,30+/m0/s1. The fourth-order valence-corrected chi connectivity index (χ4v) is 9.84. The molecule has 0 unspecified atom stereocenters. The van der Waals surface area contributed by atoms with Crippen LogP contribution in [0.1, 0.15) is 106 Å². The summed E-state index contributed by atoms with van der Waals surface area (Å²) in [6, 6.07) is 0. The van der Waals surface area contributed by atoms with Crippen LogP contribution in [0, 0.1) is 58.2 Å². The molecular weight excluding hydrogens is 404 g/mol. The molecule has 0 spiro atoms. The molecule has 4 aliphatic rings. The molecule has 190 valence electrons. The zero-order valence-corrected chi connectivity index (χ0v) is 23.2. The normalized spacial score (nSPS) is 44.3. The summed E-state index contributed by atoms with van der Waals surface area (Å²) in [5, 5.41) is 0. The third-order valence-corrected chi connectivity index (χ3v) is 12.1. The van der Waals surface area contributed by atoms with Gasteiger partial charge in [0.25, 0.3) is 0 Å².